The molecule has 3 rings (SSSR count). The molecule has 21 heavy (non-hydrogen) atoms. The van der Waals surface area contributed by atoms with E-state index >= 15 is 0 Å². The molecule has 0 radical (unpaired) electrons. The number of para-hydroxylation sites is 1. The molecule has 1 aliphatic rings. The SMILES string of the molecule is COc1cccc(C2NC(=O)c3ccc(Cl)cc3N2)c1O. The van der Waals surface area contributed by atoms with Crippen molar-refractivity contribution in [1.29, 1.82) is 0 Å². The molecule has 1 aliphatic heterocycles. The Hall–Kier alpha value is -2.40. The van der Waals surface area contributed by atoms with Crippen molar-refractivity contribution in [3.8, 4) is 11.5 Å². The molecular weight excluding hydrogens is 292 g/mol. The van der Waals surface area contributed by atoms with Crippen LogP contribution >= 0.6 is 11.6 Å². The Bertz CT molecular complexity index is 718. The number of halogens is 1. The maximum Gasteiger partial charge on any atom is 0.255 e. The highest BCUT2D eigenvalue weighted by molar-refractivity contribution is 6.31. The van der Waals surface area contributed by atoms with Gasteiger partial charge in [-0.15, -0.1) is 0 Å². The van der Waals surface area contributed by atoms with Crippen LogP contribution in [0.2, 0.25) is 5.02 Å². The number of anilines is 1. The van der Waals surface area contributed by atoms with E-state index in [1.165, 1.54) is 7.11 Å². The second-order valence-electron chi connectivity index (χ2n) is 4.64. The summed E-state index contributed by atoms with van der Waals surface area (Å²) in [7, 11) is 1.47. The molecule has 1 unspecified atom stereocenters. The first-order chi connectivity index (χ1) is 10.1. The number of rotatable bonds is 2. The summed E-state index contributed by atoms with van der Waals surface area (Å²) >= 11 is 5.96. The molecule has 1 amide bonds. The van der Waals surface area contributed by atoms with Gasteiger partial charge in [-0.1, -0.05) is 23.7 Å². The molecule has 0 aliphatic carbocycles. The molecule has 0 aromatic heterocycles. The lowest BCUT2D eigenvalue weighted by Crippen LogP contribution is -2.38. The van der Waals surface area contributed by atoms with E-state index < -0.39 is 6.17 Å². The van der Waals surface area contributed by atoms with E-state index in [0.717, 1.165) is 0 Å². The number of carbonyl (C=O) groups is 1. The number of ether oxygens (including phenoxy) is 1. The van der Waals surface area contributed by atoms with Gasteiger partial charge < -0.3 is 20.5 Å². The van der Waals surface area contributed by atoms with Gasteiger partial charge in [0.1, 0.15) is 6.17 Å². The van der Waals surface area contributed by atoms with E-state index in [1.807, 2.05) is 0 Å². The molecule has 5 nitrogen and oxygen atoms in total. The average Bonchev–Trinajstić information content (AvgIpc) is 2.47. The molecule has 0 saturated heterocycles. The van der Waals surface area contributed by atoms with Gasteiger partial charge in [0.25, 0.3) is 5.91 Å². The van der Waals surface area contributed by atoms with E-state index in [2.05, 4.69) is 10.6 Å². The van der Waals surface area contributed by atoms with Gasteiger partial charge in [0, 0.05) is 10.6 Å². The van der Waals surface area contributed by atoms with E-state index in [9.17, 15) is 9.90 Å². The second kappa shape index (κ2) is 5.18. The summed E-state index contributed by atoms with van der Waals surface area (Å²) in [4.78, 5) is 12.1. The Balaban J connectivity index is 2.01. The maximum atomic E-state index is 12.1. The number of fused-ring (bicyclic) bond motifs is 1. The van der Waals surface area contributed by atoms with Gasteiger partial charge in [-0.2, -0.15) is 0 Å². The number of benzene rings is 2. The number of phenols is 1. The number of aromatic hydroxyl groups is 1. The zero-order chi connectivity index (χ0) is 15.0. The van der Waals surface area contributed by atoms with Crippen LogP contribution in [0.15, 0.2) is 36.4 Å². The van der Waals surface area contributed by atoms with Crippen LogP contribution in [0.4, 0.5) is 5.69 Å². The highest BCUT2D eigenvalue weighted by Crippen LogP contribution is 2.36. The van der Waals surface area contributed by atoms with E-state index in [4.69, 9.17) is 16.3 Å². The molecule has 1 atom stereocenters. The van der Waals surface area contributed by atoms with Crippen LogP contribution in [-0.4, -0.2) is 18.1 Å². The number of hydrogen-bond donors (Lipinski definition) is 3. The fourth-order valence-electron chi connectivity index (χ4n) is 2.33. The van der Waals surface area contributed by atoms with Gasteiger partial charge in [0.15, 0.2) is 11.5 Å². The van der Waals surface area contributed by atoms with E-state index in [1.54, 1.807) is 36.4 Å². The maximum absolute atomic E-state index is 12.1. The fraction of sp³-hybridized carbons (Fsp3) is 0.133. The molecule has 0 spiro atoms. The topological polar surface area (TPSA) is 70.6 Å². The Morgan fingerprint density at radius 1 is 1.24 bits per heavy atom. The molecule has 2 aromatic carbocycles. The first kappa shape index (κ1) is 13.6. The van der Waals surface area contributed by atoms with Gasteiger partial charge in [-0.05, 0) is 24.3 Å². The summed E-state index contributed by atoms with van der Waals surface area (Å²) in [5, 5.41) is 16.7. The Morgan fingerprint density at radius 2 is 2.05 bits per heavy atom. The summed E-state index contributed by atoms with van der Waals surface area (Å²) in [5.74, 6) is 0.108. The van der Waals surface area contributed by atoms with Crippen LogP contribution in [0.3, 0.4) is 0 Å². The highest BCUT2D eigenvalue weighted by atomic mass is 35.5. The molecule has 0 bridgehead atoms. The quantitative estimate of drug-likeness (QED) is 0.798. The number of phenolic OH excluding ortho intramolecular Hbond substituents is 1. The van der Waals surface area contributed by atoms with Crippen molar-refractivity contribution in [3.63, 3.8) is 0 Å². The molecule has 6 heteroatoms. The highest BCUT2D eigenvalue weighted by Gasteiger charge is 2.27. The van der Waals surface area contributed by atoms with Crippen molar-refractivity contribution in [2.24, 2.45) is 0 Å². The lowest BCUT2D eigenvalue weighted by molar-refractivity contribution is 0.0935. The lowest BCUT2D eigenvalue weighted by atomic mass is 10.0. The van der Waals surface area contributed by atoms with E-state index in [-0.39, 0.29) is 11.7 Å². The average molecular weight is 305 g/mol. The van der Waals surface area contributed by atoms with Crippen molar-refractivity contribution in [2.75, 3.05) is 12.4 Å². The number of hydrogen-bond acceptors (Lipinski definition) is 4. The van der Waals surface area contributed by atoms with Crippen LogP contribution in [-0.2, 0) is 0 Å². The minimum atomic E-state index is -0.557. The summed E-state index contributed by atoms with van der Waals surface area (Å²) in [5.41, 5.74) is 1.66. The van der Waals surface area contributed by atoms with Crippen molar-refractivity contribution >= 4 is 23.2 Å². The van der Waals surface area contributed by atoms with Crippen molar-refractivity contribution in [3.05, 3.63) is 52.5 Å². The van der Waals surface area contributed by atoms with Crippen LogP contribution < -0.4 is 15.4 Å². The summed E-state index contributed by atoms with van der Waals surface area (Å²) in [6.45, 7) is 0. The third-order valence-electron chi connectivity index (χ3n) is 3.36. The fourth-order valence-corrected chi connectivity index (χ4v) is 2.50. The number of amides is 1. The minimum Gasteiger partial charge on any atom is -0.504 e. The lowest BCUT2D eigenvalue weighted by Gasteiger charge is -2.28. The Kier molecular flexibility index (Phi) is 3.35. The number of methoxy groups -OCH3 is 1. The molecule has 0 fully saturated rings. The van der Waals surface area contributed by atoms with Gasteiger partial charge in [-0.3, -0.25) is 4.79 Å². The van der Waals surface area contributed by atoms with E-state index in [0.29, 0.717) is 27.6 Å². The number of carbonyl (C=O) groups excluding carboxylic acids is 1. The third kappa shape index (κ3) is 2.36. The van der Waals surface area contributed by atoms with Crippen LogP contribution in [0.1, 0.15) is 22.1 Å². The molecule has 1 heterocycles. The summed E-state index contributed by atoms with van der Waals surface area (Å²) in [6.07, 6.45) is -0.557. The summed E-state index contributed by atoms with van der Waals surface area (Å²) in [6, 6.07) is 10.1. The second-order valence-corrected chi connectivity index (χ2v) is 5.08. The monoisotopic (exact) mass is 304 g/mol. The molecule has 2 aromatic rings. The largest absolute Gasteiger partial charge is 0.504 e. The van der Waals surface area contributed by atoms with Crippen LogP contribution in [0.5, 0.6) is 11.5 Å². The van der Waals surface area contributed by atoms with Gasteiger partial charge >= 0.3 is 0 Å². The standard InChI is InChI=1S/C15H13ClN2O3/c1-21-12-4-2-3-10(13(12)19)14-17-11-7-8(16)5-6-9(11)15(20)18-14/h2-7,14,17,19H,1H3,(H,18,20). The first-order valence-corrected chi connectivity index (χ1v) is 6.71. The molecular formula is C15H13ClN2O3. The first-order valence-electron chi connectivity index (χ1n) is 6.33. The van der Waals surface area contributed by atoms with Crippen LogP contribution in [0, 0.1) is 0 Å². The van der Waals surface area contributed by atoms with Gasteiger partial charge in [-0.25, -0.2) is 0 Å². The molecule has 0 saturated carbocycles. The Morgan fingerprint density at radius 3 is 2.81 bits per heavy atom. The molecule has 108 valence electrons. The Labute approximate surface area is 126 Å². The molecule has 3 N–H and O–H groups in total. The normalized spacial score (nSPS) is 16.7. The predicted molar refractivity (Wildman–Crippen MR) is 79.9 cm³/mol. The smallest absolute Gasteiger partial charge is 0.255 e. The third-order valence-corrected chi connectivity index (χ3v) is 3.60. The van der Waals surface area contributed by atoms with Crippen molar-refractivity contribution in [2.45, 2.75) is 6.17 Å². The van der Waals surface area contributed by atoms with Crippen molar-refractivity contribution in [1.82, 2.24) is 5.32 Å². The number of nitrogens with one attached hydrogen (secondary N) is 2. The zero-order valence-electron chi connectivity index (χ0n) is 11.2. The van der Waals surface area contributed by atoms with Crippen molar-refractivity contribution < 1.29 is 14.6 Å². The van der Waals surface area contributed by atoms with Crippen LogP contribution in [0.25, 0.3) is 0 Å². The van der Waals surface area contributed by atoms with Gasteiger partial charge in [0.05, 0.1) is 18.4 Å². The predicted octanol–water partition coefficient (Wildman–Crippen LogP) is 2.91. The summed E-state index contributed by atoms with van der Waals surface area (Å²) < 4.78 is 5.08. The zero-order valence-corrected chi connectivity index (χ0v) is 11.9. The minimum absolute atomic E-state index is 0.0109. The van der Waals surface area contributed by atoms with Gasteiger partial charge in [0.2, 0.25) is 0 Å².